The number of carbonyl (C=O) groups is 2. The maximum Gasteiger partial charge on any atom is 0.257 e. The Morgan fingerprint density at radius 1 is 1.29 bits per heavy atom. The summed E-state index contributed by atoms with van der Waals surface area (Å²) in [7, 11) is 0. The van der Waals surface area contributed by atoms with Crippen LogP contribution in [-0.4, -0.2) is 23.3 Å². The Balaban J connectivity index is 1.92. The lowest BCUT2D eigenvalue weighted by Crippen LogP contribution is -2.25. The molecule has 0 unspecified atom stereocenters. The average molecular weight is 301 g/mol. The number of anilines is 1. The fraction of sp³-hybridized carbons (Fsp3) is 0.133. The van der Waals surface area contributed by atoms with Crippen LogP contribution in [0.2, 0.25) is 0 Å². The van der Waals surface area contributed by atoms with Crippen LogP contribution in [0, 0.1) is 0 Å². The van der Waals surface area contributed by atoms with Gasteiger partial charge in [-0.3, -0.25) is 14.9 Å². The Labute approximate surface area is 126 Å². The van der Waals surface area contributed by atoms with E-state index >= 15 is 0 Å². The van der Waals surface area contributed by atoms with Crippen molar-refractivity contribution in [1.82, 2.24) is 10.3 Å². The predicted octanol–water partition coefficient (Wildman–Crippen LogP) is 2.24. The van der Waals surface area contributed by atoms with E-state index in [2.05, 4.69) is 22.2 Å². The Morgan fingerprint density at radius 2 is 2.05 bits per heavy atom. The Hall–Kier alpha value is -2.47. The molecule has 0 spiro atoms. The van der Waals surface area contributed by atoms with Crippen molar-refractivity contribution >= 4 is 28.3 Å². The molecule has 1 heterocycles. The van der Waals surface area contributed by atoms with Gasteiger partial charge in [-0.1, -0.05) is 24.3 Å². The molecule has 0 aliphatic rings. The van der Waals surface area contributed by atoms with Crippen molar-refractivity contribution in [3.8, 4) is 0 Å². The van der Waals surface area contributed by atoms with E-state index in [9.17, 15) is 9.59 Å². The quantitative estimate of drug-likeness (QED) is 0.804. The second-order valence-electron chi connectivity index (χ2n) is 4.23. The molecular weight excluding hydrogens is 286 g/mol. The highest BCUT2D eigenvalue weighted by Gasteiger charge is 2.10. The second-order valence-corrected chi connectivity index (χ2v) is 5.09. The van der Waals surface area contributed by atoms with Gasteiger partial charge in [0.15, 0.2) is 5.13 Å². The van der Waals surface area contributed by atoms with E-state index in [1.807, 2.05) is 6.07 Å². The fourth-order valence-electron chi connectivity index (χ4n) is 1.62. The number of aromatic nitrogens is 1. The van der Waals surface area contributed by atoms with Gasteiger partial charge in [0.25, 0.3) is 5.91 Å². The summed E-state index contributed by atoms with van der Waals surface area (Å²) in [5, 5.41) is 7.63. The summed E-state index contributed by atoms with van der Waals surface area (Å²) in [6, 6.07) is 8.90. The molecule has 2 rings (SSSR count). The summed E-state index contributed by atoms with van der Waals surface area (Å²) < 4.78 is 0. The van der Waals surface area contributed by atoms with Gasteiger partial charge >= 0.3 is 0 Å². The van der Waals surface area contributed by atoms with Crippen LogP contribution >= 0.6 is 11.3 Å². The van der Waals surface area contributed by atoms with Gasteiger partial charge in [0.2, 0.25) is 5.91 Å². The molecular formula is C15H15N3O2S. The third-order valence-electron chi connectivity index (χ3n) is 2.59. The zero-order valence-corrected chi connectivity index (χ0v) is 12.2. The normalized spacial score (nSPS) is 9.90. The highest BCUT2D eigenvalue weighted by molar-refractivity contribution is 7.14. The van der Waals surface area contributed by atoms with Crippen molar-refractivity contribution in [2.75, 3.05) is 11.9 Å². The first-order valence-electron chi connectivity index (χ1n) is 6.37. The third kappa shape index (κ3) is 4.54. The number of amides is 2. The van der Waals surface area contributed by atoms with Crippen LogP contribution in [0.4, 0.5) is 5.13 Å². The molecule has 6 heteroatoms. The summed E-state index contributed by atoms with van der Waals surface area (Å²) in [5.41, 5.74) is 1.20. The van der Waals surface area contributed by atoms with Crippen LogP contribution in [0.1, 0.15) is 16.1 Å². The molecule has 0 saturated carbocycles. The topological polar surface area (TPSA) is 71.1 Å². The van der Waals surface area contributed by atoms with Gasteiger partial charge in [0.1, 0.15) is 0 Å². The van der Waals surface area contributed by atoms with Crippen molar-refractivity contribution in [3.63, 3.8) is 0 Å². The molecule has 0 atom stereocenters. The minimum Gasteiger partial charge on any atom is -0.352 e. The van der Waals surface area contributed by atoms with E-state index in [-0.39, 0.29) is 18.2 Å². The second kappa shape index (κ2) is 7.35. The van der Waals surface area contributed by atoms with Gasteiger partial charge in [-0.25, -0.2) is 4.98 Å². The molecule has 2 amide bonds. The van der Waals surface area contributed by atoms with Crippen molar-refractivity contribution in [1.29, 1.82) is 0 Å². The van der Waals surface area contributed by atoms with E-state index in [1.165, 1.54) is 11.3 Å². The lowest BCUT2D eigenvalue weighted by Gasteiger charge is -2.01. The summed E-state index contributed by atoms with van der Waals surface area (Å²) in [6.45, 7) is 3.96. The number of nitrogens with one attached hydrogen (secondary N) is 2. The number of rotatable bonds is 6. The first-order valence-corrected chi connectivity index (χ1v) is 7.25. The fourth-order valence-corrected chi connectivity index (χ4v) is 2.32. The number of benzene rings is 1. The van der Waals surface area contributed by atoms with E-state index in [1.54, 1.807) is 35.7 Å². The van der Waals surface area contributed by atoms with Gasteiger partial charge < -0.3 is 5.32 Å². The minimum atomic E-state index is -0.215. The van der Waals surface area contributed by atoms with Crippen LogP contribution in [0.5, 0.6) is 0 Å². The highest BCUT2D eigenvalue weighted by Crippen LogP contribution is 2.16. The van der Waals surface area contributed by atoms with Crippen molar-refractivity contribution in [3.05, 3.63) is 59.6 Å². The number of thiazole rings is 1. The molecule has 108 valence electrons. The lowest BCUT2D eigenvalue weighted by molar-refractivity contribution is -0.120. The largest absolute Gasteiger partial charge is 0.352 e. The summed E-state index contributed by atoms with van der Waals surface area (Å²) in [6.07, 6.45) is 1.80. The Morgan fingerprint density at radius 3 is 2.76 bits per heavy atom. The molecule has 0 aliphatic heterocycles. The maximum atomic E-state index is 12.0. The summed E-state index contributed by atoms with van der Waals surface area (Å²) in [5.74, 6) is -0.339. The SMILES string of the molecule is C=CCNC(=O)Cc1csc(NC(=O)c2ccccc2)n1. The molecule has 2 N–H and O–H groups in total. The monoisotopic (exact) mass is 301 g/mol. The molecule has 21 heavy (non-hydrogen) atoms. The van der Waals surface area contributed by atoms with E-state index < -0.39 is 0 Å². The van der Waals surface area contributed by atoms with Crippen LogP contribution in [0.15, 0.2) is 48.4 Å². The van der Waals surface area contributed by atoms with Crippen molar-refractivity contribution in [2.45, 2.75) is 6.42 Å². The average Bonchev–Trinajstić information content (AvgIpc) is 2.93. The maximum absolute atomic E-state index is 12.0. The number of hydrogen-bond donors (Lipinski definition) is 2. The zero-order valence-electron chi connectivity index (χ0n) is 11.3. The van der Waals surface area contributed by atoms with Gasteiger partial charge in [0.05, 0.1) is 12.1 Å². The van der Waals surface area contributed by atoms with E-state index in [4.69, 9.17) is 0 Å². The van der Waals surface area contributed by atoms with E-state index in [0.29, 0.717) is 22.9 Å². The summed E-state index contributed by atoms with van der Waals surface area (Å²) in [4.78, 5) is 27.7. The standard InChI is InChI=1S/C15H15N3O2S/c1-2-8-16-13(19)9-12-10-21-15(17-12)18-14(20)11-6-4-3-5-7-11/h2-7,10H,1,8-9H2,(H,16,19)(H,17,18,20). The van der Waals surface area contributed by atoms with Gasteiger partial charge in [0, 0.05) is 17.5 Å². The molecule has 0 aliphatic carbocycles. The van der Waals surface area contributed by atoms with Crippen LogP contribution in [0.3, 0.4) is 0 Å². The molecule has 0 fully saturated rings. The molecule has 0 radical (unpaired) electrons. The zero-order chi connectivity index (χ0) is 15.1. The number of carbonyl (C=O) groups excluding carboxylic acids is 2. The lowest BCUT2D eigenvalue weighted by atomic mass is 10.2. The third-order valence-corrected chi connectivity index (χ3v) is 3.40. The molecule has 2 aromatic rings. The highest BCUT2D eigenvalue weighted by atomic mass is 32.1. The molecule has 1 aromatic heterocycles. The molecule has 0 saturated heterocycles. The van der Waals surface area contributed by atoms with Gasteiger partial charge in [-0.2, -0.15) is 0 Å². The first kappa shape index (κ1) is 14.9. The Kier molecular flexibility index (Phi) is 5.22. The van der Waals surface area contributed by atoms with Crippen LogP contribution in [0.25, 0.3) is 0 Å². The first-order chi connectivity index (χ1) is 10.2. The van der Waals surface area contributed by atoms with Gasteiger partial charge in [-0.05, 0) is 12.1 Å². The predicted molar refractivity (Wildman–Crippen MR) is 83.4 cm³/mol. The molecule has 5 nitrogen and oxygen atoms in total. The summed E-state index contributed by atoms with van der Waals surface area (Å²) >= 11 is 1.30. The van der Waals surface area contributed by atoms with Crippen molar-refractivity contribution < 1.29 is 9.59 Å². The smallest absolute Gasteiger partial charge is 0.257 e. The number of nitrogens with zero attached hydrogens (tertiary/aromatic N) is 1. The van der Waals surface area contributed by atoms with Crippen LogP contribution in [-0.2, 0) is 11.2 Å². The van der Waals surface area contributed by atoms with Gasteiger partial charge in [-0.15, -0.1) is 17.9 Å². The minimum absolute atomic E-state index is 0.124. The molecule has 1 aromatic carbocycles. The molecule has 0 bridgehead atoms. The number of hydrogen-bond acceptors (Lipinski definition) is 4. The Bertz CT molecular complexity index is 637. The van der Waals surface area contributed by atoms with Crippen LogP contribution < -0.4 is 10.6 Å². The van der Waals surface area contributed by atoms with E-state index in [0.717, 1.165) is 0 Å². The van der Waals surface area contributed by atoms with Crippen molar-refractivity contribution in [2.24, 2.45) is 0 Å².